The number of hydrogen-bond acceptors (Lipinski definition) is 4. The van der Waals surface area contributed by atoms with E-state index >= 15 is 0 Å². The molecule has 3 N–H and O–H groups in total. The molecule has 0 aliphatic heterocycles. The van der Waals surface area contributed by atoms with Crippen molar-refractivity contribution in [2.45, 2.75) is 20.4 Å². The van der Waals surface area contributed by atoms with Crippen LogP contribution >= 0.6 is 11.3 Å². The van der Waals surface area contributed by atoms with Gasteiger partial charge in [0, 0.05) is 18.0 Å². The van der Waals surface area contributed by atoms with Crippen molar-refractivity contribution in [2.75, 3.05) is 27.2 Å². The zero-order chi connectivity index (χ0) is 16.0. The Hall–Kier alpha value is -1.60. The lowest BCUT2D eigenvalue weighted by molar-refractivity contribution is 0.0702. The summed E-state index contributed by atoms with van der Waals surface area (Å²) in [6, 6.07) is 3.01. The van der Waals surface area contributed by atoms with Crippen molar-refractivity contribution in [1.29, 1.82) is 0 Å². The van der Waals surface area contributed by atoms with Gasteiger partial charge in [-0.3, -0.25) is 0 Å². The Kier molecular flexibility index (Phi) is 6.17. The number of urea groups is 1. The van der Waals surface area contributed by atoms with Gasteiger partial charge >= 0.3 is 12.0 Å². The lowest BCUT2D eigenvalue weighted by Gasteiger charge is -2.28. The third-order valence-electron chi connectivity index (χ3n) is 2.77. The number of rotatable bonds is 7. The van der Waals surface area contributed by atoms with Crippen LogP contribution in [0.25, 0.3) is 0 Å². The first-order chi connectivity index (χ1) is 9.69. The second kappa shape index (κ2) is 7.42. The van der Waals surface area contributed by atoms with Gasteiger partial charge in [-0.1, -0.05) is 13.8 Å². The van der Waals surface area contributed by atoms with Crippen LogP contribution in [0.1, 0.15) is 28.4 Å². The highest BCUT2D eigenvalue weighted by Crippen LogP contribution is 2.16. The SMILES string of the molecule is CN(C)CC(C)(C)CNC(=O)NCc1ccc(C(=O)O)s1. The van der Waals surface area contributed by atoms with Crippen LogP contribution in [0.15, 0.2) is 12.1 Å². The molecule has 0 aliphatic rings. The first-order valence-corrected chi connectivity index (χ1v) is 7.50. The van der Waals surface area contributed by atoms with E-state index in [1.165, 1.54) is 11.3 Å². The van der Waals surface area contributed by atoms with E-state index in [0.717, 1.165) is 11.4 Å². The zero-order valence-corrected chi connectivity index (χ0v) is 13.7. The van der Waals surface area contributed by atoms with E-state index in [1.54, 1.807) is 12.1 Å². The minimum absolute atomic E-state index is 0.0136. The summed E-state index contributed by atoms with van der Waals surface area (Å²) in [4.78, 5) is 25.7. The number of carbonyl (C=O) groups is 2. The largest absolute Gasteiger partial charge is 0.477 e. The number of carboxylic acid groups (broad SMARTS) is 1. The number of aromatic carboxylic acids is 1. The molecular weight excluding hydrogens is 290 g/mol. The van der Waals surface area contributed by atoms with E-state index in [2.05, 4.69) is 29.4 Å². The number of carbonyl (C=O) groups excluding carboxylic acids is 1. The molecule has 21 heavy (non-hydrogen) atoms. The molecule has 0 aliphatic carbocycles. The maximum Gasteiger partial charge on any atom is 0.345 e. The van der Waals surface area contributed by atoms with Crippen molar-refractivity contribution in [2.24, 2.45) is 5.41 Å². The molecule has 0 radical (unpaired) electrons. The van der Waals surface area contributed by atoms with Gasteiger partial charge in [0.15, 0.2) is 0 Å². The summed E-state index contributed by atoms with van der Waals surface area (Å²) in [6.07, 6.45) is 0. The number of nitrogens with one attached hydrogen (secondary N) is 2. The monoisotopic (exact) mass is 313 g/mol. The van der Waals surface area contributed by atoms with Gasteiger partial charge in [0.2, 0.25) is 0 Å². The molecule has 1 rings (SSSR count). The van der Waals surface area contributed by atoms with Crippen molar-refractivity contribution >= 4 is 23.3 Å². The van der Waals surface area contributed by atoms with E-state index in [1.807, 2.05) is 14.1 Å². The Morgan fingerprint density at radius 3 is 2.48 bits per heavy atom. The lowest BCUT2D eigenvalue weighted by Crippen LogP contribution is -2.43. The van der Waals surface area contributed by atoms with Crippen molar-refractivity contribution in [3.63, 3.8) is 0 Å². The molecule has 118 valence electrons. The molecule has 0 spiro atoms. The molecule has 6 nitrogen and oxygen atoms in total. The van der Waals surface area contributed by atoms with Crippen molar-refractivity contribution in [1.82, 2.24) is 15.5 Å². The molecule has 1 aromatic heterocycles. The van der Waals surface area contributed by atoms with Crippen molar-refractivity contribution < 1.29 is 14.7 Å². The molecule has 0 bridgehead atoms. The van der Waals surface area contributed by atoms with E-state index < -0.39 is 5.97 Å². The van der Waals surface area contributed by atoms with Gasteiger partial charge in [0.1, 0.15) is 4.88 Å². The van der Waals surface area contributed by atoms with Gasteiger partial charge in [-0.15, -0.1) is 11.3 Å². The number of thiophene rings is 1. The highest BCUT2D eigenvalue weighted by Gasteiger charge is 2.19. The topological polar surface area (TPSA) is 81.7 Å². The Labute approximate surface area is 129 Å². The van der Waals surface area contributed by atoms with E-state index in [9.17, 15) is 9.59 Å². The van der Waals surface area contributed by atoms with Crippen LogP contribution in [0.5, 0.6) is 0 Å². The van der Waals surface area contributed by atoms with Gasteiger partial charge in [0.05, 0.1) is 6.54 Å². The second-order valence-corrected chi connectivity index (χ2v) is 7.18. The van der Waals surface area contributed by atoms with Crippen LogP contribution in [0.2, 0.25) is 0 Å². The molecule has 0 unspecified atom stereocenters. The maximum atomic E-state index is 11.7. The summed E-state index contributed by atoms with van der Waals surface area (Å²) in [5, 5.41) is 14.4. The maximum absolute atomic E-state index is 11.7. The first-order valence-electron chi connectivity index (χ1n) is 6.68. The van der Waals surface area contributed by atoms with Gasteiger partial charge in [-0.2, -0.15) is 0 Å². The second-order valence-electron chi connectivity index (χ2n) is 6.01. The van der Waals surface area contributed by atoms with Crippen LogP contribution in [0, 0.1) is 5.41 Å². The first kappa shape index (κ1) is 17.5. The van der Waals surface area contributed by atoms with Gasteiger partial charge in [-0.25, -0.2) is 9.59 Å². The zero-order valence-electron chi connectivity index (χ0n) is 12.9. The molecule has 0 aromatic carbocycles. The Morgan fingerprint density at radius 1 is 1.29 bits per heavy atom. The van der Waals surface area contributed by atoms with E-state index in [-0.39, 0.29) is 16.3 Å². The highest BCUT2D eigenvalue weighted by molar-refractivity contribution is 7.13. The molecule has 1 aromatic rings. The van der Waals surface area contributed by atoms with E-state index in [0.29, 0.717) is 13.1 Å². The molecule has 0 saturated heterocycles. The number of nitrogens with zero attached hydrogens (tertiary/aromatic N) is 1. The van der Waals surface area contributed by atoms with Crippen LogP contribution in [0.4, 0.5) is 4.79 Å². The van der Waals surface area contributed by atoms with Crippen molar-refractivity contribution in [3.8, 4) is 0 Å². The smallest absolute Gasteiger partial charge is 0.345 e. The minimum Gasteiger partial charge on any atom is -0.477 e. The third kappa shape index (κ3) is 6.59. The number of hydrogen-bond donors (Lipinski definition) is 3. The summed E-state index contributed by atoms with van der Waals surface area (Å²) < 4.78 is 0. The van der Waals surface area contributed by atoms with Crippen LogP contribution in [0.3, 0.4) is 0 Å². The van der Waals surface area contributed by atoms with Crippen LogP contribution in [-0.4, -0.2) is 49.2 Å². The Balaban J connectivity index is 2.35. The fourth-order valence-corrected chi connectivity index (χ4v) is 2.84. The van der Waals surface area contributed by atoms with E-state index in [4.69, 9.17) is 5.11 Å². The predicted octanol–water partition coefficient (Wildman–Crippen LogP) is 1.83. The Morgan fingerprint density at radius 2 is 1.95 bits per heavy atom. The fraction of sp³-hybridized carbons (Fsp3) is 0.571. The standard InChI is InChI=1S/C14H23N3O3S/c1-14(2,9-17(3)4)8-16-13(20)15-7-10-5-6-11(21-10)12(18)19/h5-6H,7-9H2,1-4H3,(H,18,19)(H2,15,16,20). The lowest BCUT2D eigenvalue weighted by atomic mass is 9.93. The summed E-state index contributed by atoms with van der Waals surface area (Å²) in [5.41, 5.74) is -0.0136. The summed E-state index contributed by atoms with van der Waals surface area (Å²) >= 11 is 1.17. The molecule has 0 saturated carbocycles. The molecular formula is C14H23N3O3S. The average molecular weight is 313 g/mol. The predicted molar refractivity (Wildman–Crippen MR) is 83.9 cm³/mol. The molecule has 1 heterocycles. The highest BCUT2D eigenvalue weighted by atomic mass is 32.1. The number of amides is 2. The fourth-order valence-electron chi connectivity index (χ4n) is 2.05. The van der Waals surface area contributed by atoms with Gasteiger partial charge in [-0.05, 0) is 31.6 Å². The minimum atomic E-state index is -0.943. The van der Waals surface area contributed by atoms with Crippen molar-refractivity contribution in [3.05, 3.63) is 21.9 Å². The normalized spacial score (nSPS) is 11.5. The van der Waals surface area contributed by atoms with Gasteiger partial charge in [0.25, 0.3) is 0 Å². The molecule has 7 heteroatoms. The molecule has 0 fully saturated rings. The quantitative estimate of drug-likeness (QED) is 0.717. The average Bonchev–Trinajstić information content (AvgIpc) is 2.81. The summed E-state index contributed by atoms with van der Waals surface area (Å²) in [7, 11) is 4.00. The summed E-state index contributed by atoms with van der Waals surface area (Å²) in [5.74, 6) is -0.943. The third-order valence-corrected chi connectivity index (χ3v) is 3.84. The number of carboxylic acids is 1. The van der Waals surface area contributed by atoms with Crippen LogP contribution < -0.4 is 10.6 Å². The van der Waals surface area contributed by atoms with Crippen LogP contribution in [-0.2, 0) is 6.54 Å². The van der Waals surface area contributed by atoms with Gasteiger partial charge < -0.3 is 20.6 Å². The molecule has 0 atom stereocenters. The summed E-state index contributed by atoms with van der Waals surface area (Å²) in [6.45, 7) is 5.96. The Bertz CT molecular complexity index is 497. The molecule has 2 amide bonds.